The Hall–Kier alpha value is -3.06. The summed E-state index contributed by atoms with van der Waals surface area (Å²) in [6.45, 7) is 2.05. The molecule has 3 aromatic rings. The first kappa shape index (κ1) is 18.7. The van der Waals surface area contributed by atoms with Gasteiger partial charge in [-0.1, -0.05) is 103 Å². The van der Waals surface area contributed by atoms with Gasteiger partial charge in [0.1, 0.15) is 0 Å². The highest BCUT2D eigenvalue weighted by Crippen LogP contribution is 2.40. The summed E-state index contributed by atoms with van der Waals surface area (Å²) in [5, 5.41) is 0. The van der Waals surface area contributed by atoms with Crippen LogP contribution in [0.15, 0.2) is 115 Å². The minimum atomic E-state index is -0.680. The van der Waals surface area contributed by atoms with Crippen LogP contribution in [-0.4, -0.2) is 0 Å². The summed E-state index contributed by atoms with van der Waals surface area (Å²) in [6, 6.07) is 31.3. The van der Waals surface area contributed by atoms with E-state index in [0.717, 1.165) is 29.5 Å². The van der Waals surface area contributed by atoms with Crippen LogP contribution in [0.5, 0.6) is 0 Å². The number of hydrogen-bond donors (Lipinski definition) is 0. The highest BCUT2D eigenvalue weighted by Gasteiger charge is 2.37. The number of ether oxygens (including phenoxy) is 1. The highest BCUT2D eigenvalue weighted by molar-refractivity contribution is 5.47. The molecule has 0 atom stereocenters. The predicted molar refractivity (Wildman–Crippen MR) is 113 cm³/mol. The minimum absolute atomic E-state index is 0.680. The molecule has 0 radical (unpaired) electrons. The van der Waals surface area contributed by atoms with Crippen LogP contribution < -0.4 is 0 Å². The first-order valence-corrected chi connectivity index (χ1v) is 9.48. The quantitative estimate of drug-likeness (QED) is 0.186. The molecule has 3 aromatic carbocycles. The van der Waals surface area contributed by atoms with Crippen LogP contribution in [-0.2, 0) is 10.3 Å². The van der Waals surface area contributed by atoms with Crippen molar-refractivity contribution in [3.63, 3.8) is 0 Å². The van der Waals surface area contributed by atoms with Crippen LogP contribution in [0.4, 0.5) is 0 Å². The van der Waals surface area contributed by atoms with Crippen molar-refractivity contribution in [2.24, 2.45) is 0 Å². The molecular formula is C26H26O. The Morgan fingerprint density at radius 1 is 0.630 bits per heavy atom. The second-order valence-electron chi connectivity index (χ2n) is 6.42. The van der Waals surface area contributed by atoms with Gasteiger partial charge in [0.2, 0.25) is 0 Å². The molecule has 0 amide bonds. The maximum Gasteiger partial charge on any atom is 0.183 e. The van der Waals surface area contributed by atoms with Gasteiger partial charge in [0.15, 0.2) is 5.60 Å². The molecule has 0 fully saturated rings. The molecule has 0 aromatic heterocycles. The lowest BCUT2D eigenvalue weighted by Crippen LogP contribution is -2.31. The van der Waals surface area contributed by atoms with E-state index in [9.17, 15) is 0 Å². The van der Waals surface area contributed by atoms with Crippen molar-refractivity contribution in [3.8, 4) is 0 Å². The molecule has 136 valence electrons. The van der Waals surface area contributed by atoms with E-state index in [1.165, 1.54) is 0 Å². The second-order valence-corrected chi connectivity index (χ2v) is 6.42. The van der Waals surface area contributed by atoms with E-state index in [0.29, 0.717) is 0 Å². The van der Waals surface area contributed by atoms with Crippen molar-refractivity contribution in [2.75, 3.05) is 0 Å². The lowest BCUT2D eigenvalue weighted by atomic mass is 9.80. The molecule has 0 saturated carbocycles. The van der Waals surface area contributed by atoms with E-state index in [-0.39, 0.29) is 0 Å². The molecule has 1 heteroatoms. The van der Waals surface area contributed by atoms with E-state index in [4.69, 9.17) is 4.74 Å². The monoisotopic (exact) mass is 354 g/mol. The summed E-state index contributed by atoms with van der Waals surface area (Å²) in [6.07, 6.45) is 10.2. The van der Waals surface area contributed by atoms with Crippen LogP contribution in [0, 0.1) is 0 Å². The Morgan fingerprint density at radius 2 is 1.04 bits per heavy atom. The molecular weight excluding hydrogens is 328 g/mol. The molecule has 0 bridgehead atoms. The van der Waals surface area contributed by atoms with Crippen molar-refractivity contribution in [3.05, 3.63) is 132 Å². The minimum Gasteiger partial charge on any atom is -0.481 e. The van der Waals surface area contributed by atoms with Gasteiger partial charge in [-0.15, -0.1) is 0 Å². The number of benzene rings is 3. The van der Waals surface area contributed by atoms with Crippen LogP contribution >= 0.6 is 0 Å². The molecule has 0 saturated heterocycles. The van der Waals surface area contributed by atoms with E-state index in [1.807, 2.05) is 31.4 Å². The Morgan fingerprint density at radius 3 is 1.44 bits per heavy atom. The summed E-state index contributed by atoms with van der Waals surface area (Å²) in [4.78, 5) is 0. The molecule has 1 nitrogen and oxygen atoms in total. The average Bonchev–Trinajstić information content (AvgIpc) is 2.75. The zero-order valence-electron chi connectivity index (χ0n) is 15.8. The van der Waals surface area contributed by atoms with Crippen LogP contribution in [0.1, 0.15) is 36.5 Å². The van der Waals surface area contributed by atoms with E-state index in [2.05, 4.69) is 91.0 Å². The summed E-state index contributed by atoms with van der Waals surface area (Å²) < 4.78 is 6.56. The maximum atomic E-state index is 6.56. The van der Waals surface area contributed by atoms with Gasteiger partial charge in [0, 0.05) is 16.7 Å². The number of unbranched alkanes of at least 4 members (excludes halogenated alkanes) is 1. The van der Waals surface area contributed by atoms with Crippen molar-refractivity contribution in [1.82, 2.24) is 0 Å². The smallest absolute Gasteiger partial charge is 0.183 e. The summed E-state index contributed by atoms with van der Waals surface area (Å²) in [5.41, 5.74) is 2.66. The Kier molecular flexibility index (Phi) is 6.65. The predicted octanol–water partition coefficient (Wildman–Crippen LogP) is 6.87. The third-order valence-electron chi connectivity index (χ3n) is 4.62. The molecule has 3 rings (SSSR count). The van der Waals surface area contributed by atoms with Crippen LogP contribution in [0.3, 0.4) is 0 Å². The number of allylic oxidation sites excluding steroid dienone is 3. The number of hydrogen-bond acceptors (Lipinski definition) is 1. The Bertz CT molecular complexity index is 752. The third-order valence-corrected chi connectivity index (χ3v) is 4.62. The van der Waals surface area contributed by atoms with Crippen molar-refractivity contribution in [2.45, 2.75) is 25.4 Å². The largest absolute Gasteiger partial charge is 0.481 e. The normalized spacial score (nSPS) is 11.9. The van der Waals surface area contributed by atoms with Gasteiger partial charge in [0.05, 0.1) is 6.26 Å². The van der Waals surface area contributed by atoms with Gasteiger partial charge in [-0.2, -0.15) is 0 Å². The van der Waals surface area contributed by atoms with Gasteiger partial charge in [-0.25, -0.2) is 0 Å². The topological polar surface area (TPSA) is 9.23 Å². The third kappa shape index (κ3) is 4.38. The van der Waals surface area contributed by atoms with Gasteiger partial charge in [-0.3, -0.25) is 0 Å². The van der Waals surface area contributed by atoms with Gasteiger partial charge < -0.3 is 4.74 Å². The maximum absolute atomic E-state index is 6.56. The van der Waals surface area contributed by atoms with E-state index >= 15 is 0 Å². The summed E-state index contributed by atoms with van der Waals surface area (Å²) in [7, 11) is 0. The fourth-order valence-electron chi connectivity index (χ4n) is 3.30. The fourth-order valence-corrected chi connectivity index (χ4v) is 3.30. The van der Waals surface area contributed by atoms with Crippen molar-refractivity contribution < 1.29 is 4.74 Å². The molecule has 0 aliphatic heterocycles. The molecule has 0 aliphatic carbocycles. The van der Waals surface area contributed by atoms with E-state index < -0.39 is 5.60 Å². The summed E-state index contributed by atoms with van der Waals surface area (Å²) in [5.74, 6) is 0. The van der Waals surface area contributed by atoms with Gasteiger partial charge in [-0.05, 0) is 25.8 Å². The average molecular weight is 354 g/mol. The molecule has 0 heterocycles. The Labute approximate surface area is 162 Å². The lowest BCUT2D eigenvalue weighted by Gasteiger charge is -2.35. The standard InChI is InChI=1S/C26H26O/c1-2-3-4-5-15-22-27-26(23-16-9-6-10-17-23,24-18-11-7-12-19-24)25-20-13-8-14-21-25/h2-3,6-22H,4-5H2,1H3. The fraction of sp³-hybridized carbons (Fsp3) is 0.154. The van der Waals surface area contributed by atoms with E-state index in [1.54, 1.807) is 0 Å². The van der Waals surface area contributed by atoms with Crippen molar-refractivity contribution in [1.29, 1.82) is 0 Å². The molecule has 0 N–H and O–H groups in total. The van der Waals surface area contributed by atoms with Gasteiger partial charge in [0.25, 0.3) is 0 Å². The summed E-state index contributed by atoms with van der Waals surface area (Å²) >= 11 is 0. The zero-order chi connectivity index (χ0) is 18.8. The second kappa shape index (κ2) is 9.59. The first-order valence-electron chi connectivity index (χ1n) is 9.48. The molecule has 0 aliphatic rings. The molecule has 0 unspecified atom stereocenters. The zero-order valence-corrected chi connectivity index (χ0v) is 15.8. The lowest BCUT2D eigenvalue weighted by molar-refractivity contribution is 0.0973. The van der Waals surface area contributed by atoms with Crippen LogP contribution in [0.25, 0.3) is 0 Å². The first-order chi connectivity index (χ1) is 13.4. The Balaban J connectivity index is 2.08. The highest BCUT2D eigenvalue weighted by atomic mass is 16.5. The molecule has 0 spiro atoms. The molecule has 27 heavy (non-hydrogen) atoms. The number of rotatable bonds is 8. The van der Waals surface area contributed by atoms with Crippen molar-refractivity contribution >= 4 is 0 Å². The SMILES string of the molecule is CC=CCCC=COC(c1ccccc1)(c1ccccc1)c1ccccc1. The van der Waals surface area contributed by atoms with Crippen LogP contribution in [0.2, 0.25) is 0 Å². The van der Waals surface area contributed by atoms with Gasteiger partial charge >= 0.3 is 0 Å².